The molecule has 0 bridgehead atoms. The molecule has 0 unspecified atom stereocenters. The lowest BCUT2D eigenvalue weighted by Gasteiger charge is -2.11. The third kappa shape index (κ3) is 8.62. The monoisotopic (exact) mass is 482 g/mol. The number of anilines is 1. The van der Waals surface area contributed by atoms with Crippen LogP contribution in [0.3, 0.4) is 0 Å². The number of aromatic nitrogens is 3. The Morgan fingerprint density at radius 1 is 0.941 bits per heavy atom. The van der Waals surface area contributed by atoms with Gasteiger partial charge >= 0.3 is 0 Å². The van der Waals surface area contributed by atoms with Crippen molar-refractivity contribution in [2.24, 2.45) is 0 Å². The topological polar surface area (TPSA) is 101 Å². The van der Waals surface area contributed by atoms with Gasteiger partial charge in [0, 0.05) is 25.0 Å². The van der Waals surface area contributed by atoms with E-state index in [0.29, 0.717) is 28.8 Å². The van der Waals surface area contributed by atoms with Gasteiger partial charge in [-0.15, -0.1) is 10.2 Å². The van der Waals surface area contributed by atoms with E-state index in [1.165, 1.54) is 31.0 Å². The molecular formula is C25H32N5O3S+. The van der Waals surface area contributed by atoms with Gasteiger partial charge in [-0.05, 0) is 31.2 Å². The highest BCUT2D eigenvalue weighted by Gasteiger charge is 2.14. The first-order chi connectivity index (χ1) is 16.7. The average Bonchev–Trinajstić information content (AvgIpc) is 3.33. The van der Waals surface area contributed by atoms with Crippen LogP contribution in [0.5, 0.6) is 0 Å². The molecule has 2 heterocycles. The molecule has 2 aromatic heterocycles. The van der Waals surface area contributed by atoms with Crippen LogP contribution in [0.4, 0.5) is 5.69 Å². The highest BCUT2D eigenvalue weighted by molar-refractivity contribution is 7.98. The molecule has 34 heavy (non-hydrogen) atoms. The molecule has 0 aliphatic rings. The molecular weight excluding hydrogens is 450 g/mol. The maximum absolute atomic E-state index is 12.6. The van der Waals surface area contributed by atoms with E-state index >= 15 is 0 Å². The molecule has 0 fully saturated rings. The number of hydrogen-bond donors (Lipinski definition) is 2. The summed E-state index contributed by atoms with van der Waals surface area (Å²) < 4.78 is 7.58. The summed E-state index contributed by atoms with van der Waals surface area (Å²) in [4.78, 5) is 25.0. The van der Waals surface area contributed by atoms with Crippen molar-refractivity contribution in [1.82, 2.24) is 15.5 Å². The number of thioether (sulfide) groups is 1. The first-order valence-electron chi connectivity index (χ1n) is 11.6. The predicted molar refractivity (Wildman–Crippen MR) is 131 cm³/mol. The number of rotatable bonds is 14. The number of unbranched alkanes of at least 4 members (excludes halogenated alkanes) is 5. The van der Waals surface area contributed by atoms with Crippen LogP contribution < -0.4 is 15.2 Å². The lowest BCUT2D eigenvalue weighted by molar-refractivity contribution is -0.697. The van der Waals surface area contributed by atoms with Gasteiger partial charge in [0.25, 0.3) is 11.1 Å². The zero-order valence-electron chi connectivity index (χ0n) is 19.5. The van der Waals surface area contributed by atoms with Crippen molar-refractivity contribution >= 4 is 29.3 Å². The number of pyridine rings is 1. The molecule has 2 amide bonds. The van der Waals surface area contributed by atoms with Gasteiger partial charge in [0.1, 0.15) is 6.54 Å². The first-order valence-corrected chi connectivity index (χ1v) is 12.9. The Hall–Kier alpha value is -3.20. The summed E-state index contributed by atoms with van der Waals surface area (Å²) in [7, 11) is 0. The molecule has 9 heteroatoms. The van der Waals surface area contributed by atoms with Crippen LogP contribution >= 0.6 is 11.8 Å². The molecule has 3 rings (SSSR count). The number of nitrogens with zero attached hydrogens (tertiary/aromatic N) is 3. The van der Waals surface area contributed by atoms with E-state index in [1.54, 1.807) is 24.3 Å². The number of carbonyl (C=O) groups is 2. The van der Waals surface area contributed by atoms with E-state index in [9.17, 15) is 9.59 Å². The molecule has 8 nitrogen and oxygen atoms in total. The Morgan fingerprint density at radius 3 is 2.44 bits per heavy atom. The number of benzene rings is 1. The van der Waals surface area contributed by atoms with Gasteiger partial charge in [0.15, 0.2) is 12.4 Å². The van der Waals surface area contributed by atoms with Crippen molar-refractivity contribution in [3.05, 3.63) is 66.3 Å². The standard InChI is InChI=1S/C25H31N5O3S/c1-34-25-29-28-23(33-25)19-26-24(32)20-13-8-9-14-21(20)27-22(31)15-7-4-2-3-5-10-16-30-17-11-6-12-18-30/h6,8-9,11-14,17-18H,2-5,7,10,15-16,19H2,1H3,(H-,26,27,31,32)/p+1. The van der Waals surface area contributed by atoms with Crippen molar-refractivity contribution in [3.8, 4) is 0 Å². The molecule has 3 aromatic rings. The minimum Gasteiger partial charge on any atom is -0.414 e. The summed E-state index contributed by atoms with van der Waals surface area (Å²) in [6.45, 7) is 1.17. The molecule has 180 valence electrons. The summed E-state index contributed by atoms with van der Waals surface area (Å²) in [6, 6.07) is 13.1. The smallest absolute Gasteiger partial charge is 0.276 e. The SMILES string of the molecule is CSc1nnc(CNC(=O)c2ccccc2NC(=O)CCCCCCCC[n+]2ccccc2)o1. The Labute approximate surface area is 204 Å². The summed E-state index contributed by atoms with van der Waals surface area (Å²) in [5.41, 5.74) is 0.899. The minimum atomic E-state index is -0.312. The normalized spacial score (nSPS) is 10.7. The highest BCUT2D eigenvalue weighted by atomic mass is 32.2. The number of nitrogens with one attached hydrogen (secondary N) is 2. The van der Waals surface area contributed by atoms with Crippen LogP contribution in [0.2, 0.25) is 0 Å². The molecule has 0 spiro atoms. The maximum atomic E-state index is 12.6. The predicted octanol–water partition coefficient (Wildman–Crippen LogP) is 4.38. The number of para-hydroxylation sites is 1. The number of aryl methyl sites for hydroxylation is 1. The Kier molecular flexibility index (Phi) is 10.6. The fraction of sp³-hybridized carbons (Fsp3) is 0.400. The summed E-state index contributed by atoms with van der Waals surface area (Å²) in [5, 5.41) is 13.8. The largest absolute Gasteiger partial charge is 0.414 e. The Bertz CT molecular complexity index is 1040. The van der Waals surface area contributed by atoms with Crippen molar-refractivity contribution in [3.63, 3.8) is 0 Å². The molecule has 1 aromatic carbocycles. The zero-order chi connectivity index (χ0) is 24.0. The van der Waals surface area contributed by atoms with Gasteiger partial charge in [-0.2, -0.15) is 0 Å². The van der Waals surface area contributed by atoms with Crippen LogP contribution in [0.1, 0.15) is 61.2 Å². The molecule has 2 N–H and O–H groups in total. The molecule has 0 aliphatic carbocycles. The van der Waals surface area contributed by atoms with Gasteiger partial charge in [0.05, 0.1) is 17.8 Å². The molecule has 0 saturated heterocycles. The fourth-order valence-electron chi connectivity index (χ4n) is 3.52. The van der Waals surface area contributed by atoms with Crippen LogP contribution in [0.25, 0.3) is 0 Å². The second-order valence-corrected chi connectivity index (χ2v) is 8.68. The van der Waals surface area contributed by atoms with E-state index in [0.717, 1.165) is 25.8 Å². The number of carbonyl (C=O) groups excluding carboxylic acids is 2. The second-order valence-electron chi connectivity index (χ2n) is 7.93. The summed E-state index contributed by atoms with van der Waals surface area (Å²) >= 11 is 1.34. The average molecular weight is 483 g/mol. The van der Waals surface area contributed by atoms with E-state index in [4.69, 9.17) is 4.42 Å². The minimum absolute atomic E-state index is 0.0813. The van der Waals surface area contributed by atoms with Crippen LogP contribution in [-0.2, 0) is 17.9 Å². The van der Waals surface area contributed by atoms with Gasteiger partial charge in [-0.1, -0.05) is 49.2 Å². The lowest BCUT2D eigenvalue weighted by atomic mass is 10.1. The number of hydrogen-bond acceptors (Lipinski definition) is 6. The Morgan fingerprint density at radius 2 is 1.68 bits per heavy atom. The highest BCUT2D eigenvalue weighted by Crippen LogP contribution is 2.17. The molecule has 0 radical (unpaired) electrons. The van der Waals surface area contributed by atoms with E-state index < -0.39 is 0 Å². The van der Waals surface area contributed by atoms with Gasteiger partial charge < -0.3 is 15.1 Å². The second kappa shape index (κ2) is 14.1. The molecule has 0 atom stereocenters. The first kappa shape index (κ1) is 25.4. The van der Waals surface area contributed by atoms with Crippen molar-refractivity contribution in [1.29, 1.82) is 0 Å². The molecule has 0 saturated carbocycles. The third-order valence-electron chi connectivity index (χ3n) is 5.32. The van der Waals surface area contributed by atoms with Crippen LogP contribution in [-0.4, -0.2) is 28.3 Å². The van der Waals surface area contributed by atoms with Crippen LogP contribution in [0.15, 0.2) is 64.5 Å². The summed E-state index contributed by atoms with van der Waals surface area (Å²) in [5.74, 6) is -0.0613. The zero-order valence-corrected chi connectivity index (χ0v) is 20.4. The maximum Gasteiger partial charge on any atom is 0.276 e. The summed E-state index contributed by atoms with van der Waals surface area (Å²) in [6.07, 6.45) is 13.0. The quantitative estimate of drug-likeness (QED) is 0.201. The number of amides is 2. The van der Waals surface area contributed by atoms with Gasteiger partial charge in [-0.25, -0.2) is 4.57 Å². The van der Waals surface area contributed by atoms with Crippen molar-refractivity contribution in [2.45, 2.75) is 63.3 Å². The van der Waals surface area contributed by atoms with Gasteiger partial charge in [-0.3, -0.25) is 9.59 Å². The molecule has 0 aliphatic heterocycles. The van der Waals surface area contributed by atoms with Crippen LogP contribution in [0, 0.1) is 0 Å². The Balaban J connectivity index is 1.33. The van der Waals surface area contributed by atoms with Crippen molar-refractivity contribution < 1.29 is 18.6 Å². The van der Waals surface area contributed by atoms with E-state index in [2.05, 4.69) is 37.8 Å². The third-order valence-corrected chi connectivity index (χ3v) is 5.83. The van der Waals surface area contributed by atoms with Crippen molar-refractivity contribution in [2.75, 3.05) is 11.6 Å². The van der Waals surface area contributed by atoms with E-state index in [-0.39, 0.29) is 18.4 Å². The van der Waals surface area contributed by atoms with Gasteiger partial charge in [0.2, 0.25) is 11.8 Å². The lowest BCUT2D eigenvalue weighted by Crippen LogP contribution is -2.32. The van der Waals surface area contributed by atoms with E-state index in [1.807, 2.05) is 24.5 Å². The fourth-order valence-corrected chi connectivity index (χ4v) is 3.82.